The number of esters is 2. The zero-order chi connectivity index (χ0) is 15.2. The predicted molar refractivity (Wildman–Crippen MR) is 81.2 cm³/mol. The van der Waals surface area contributed by atoms with Gasteiger partial charge in [0.05, 0.1) is 11.1 Å². The molecule has 2 aromatic carbocycles. The molecule has 108 valence electrons. The predicted octanol–water partition coefficient (Wildman–Crippen LogP) is 3.88. The highest BCUT2D eigenvalue weighted by Crippen LogP contribution is 2.11. The van der Waals surface area contributed by atoms with Crippen molar-refractivity contribution in [2.75, 3.05) is 0 Å². The Hall–Kier alpha value is -2.42. The summed E-state index contributed by atoms with van der Waals surface area (Å²) in [5.41, 5.74) is 1.91. The van der Waals surface area contributed by atoms with Crippen LogP contribution in [-0.2, 0) is 11.2 Å². The second-order valence-electron chi connectivity index (χ2n) is 5.34. The molecule has 0 aromatic heterocycles. The summed E-state index contributed by atoms with van der Waals surface area (Å²) in [7, 11) is 0. The van der Waals surface area contributed by atoms with Gasteiger partial charge in [-0.3, -0.25) is 0 Å². The highest BCUT2D eigenvalue weighted by molar-refractivity contribution is 6.02. The summed E-state index contributed by atoms with van der Waals surface area (Å²) in [4.78, 5) is 23.7. The fourth-order valence-electron chi connectivity index (χ4n) is 2.02. The van der Waals surface area contributed by atoms with Crippen molar-refractivity contribution in [3.63, 3.8) is 0 Å². The zero-order valence-electron chi connectivity index (χ0n) is 12.2. The molecular weight excluding hydrogens is 264 g/mol. The van der Waals surface area contributed by atoms with E-state index in [1.807, 2.05) is 12.1 Å². The van der Waals surface area contributed by atoms with Crippen molar-refractivity contribution in [2.45, 2.75) is 20.3 Å². The summed E-state index contributed by atoms with van der Waals surface area (Å²) in [6, 6.07) is 15.6. The van der Waals surface area contributed by atoms with Crippen molar-refractivity contribution in [1.29, 1.82) is 0 Å². The molecule has 0 N–H and O–H groups in total. The standard InChI is InChI=1S/C18H18O3/c1-13(2)12-14-8-10-16(11-9-14)18(20)21-17(19)15-6-4-3-5-7-15/h3-11,13H,12H2,1-2H3. The third-order valence-electron chi connectivity index (χ3n) is 3.03. The van der Waals surface area contributed by atoms with Gasteiger partial charge in [0, 0.05) is 0 Å². The fraction of sp³-hybridized carbons (Fsp3) is 0.222. The fourth-order valence-corrected chi connectivity index (χ4v) is 2.02. The van der Waals surface area contributed by atoms with Gasteiger partial charge in [0.15, 0.2) is 0 Å². The number of hydrogen-bond donors (Lipinski definition) is 0. The van der Waals surface area contributed by atoms with E-state index in [1.165, 1.54) is 0 Å². The smallest absolute Gasteiger partial charge is 0.346 e. The van der Waals surface area contributed by atoms with E-state index in [4.69, 9.17) is 4.74 Å². The number of rotatable bonds is 4. The largest absolute Gasteiger partial charge is 0.386 e. The molecule has 0 fully saturated rings. The first-order valence-electron chi connectivity index (χ1n) is 6.97. The van der Waals surface area contributed by atoms with Crippen molar-refractivity contribution >= 4 is 11.9 Å². The molecule has 2 aromatic rings. The van der Waals surface area contributed by atoms with E-state index in [0.717, 1.165) is 12.0 Å². The van der Waals surface area contributed by atoms with Gasteiger partial charge < -0.3 is 4.74 Å². The lowest BCUT2D eigenvalue weighted by Gasteiger charge is -2.06. The van der Waals surface area contributed by atoms with Gasteiger partial charge >= 0.3 is 11.9 Å². The lowest BCUT2D eigenvalue weighted by molar-refractivity contribution is 0.0398. The lowest BCUT2D eigenvalue weighted by Crippen LogP contribution is -2.12. The van der Waals surface area contributed by atoms with E-state index in [-0.39, 0.29) is 0 Å². The van der Waals surface area contributed by atoms with Crippen LogP contribution in [0.4, 0.5) is 0 Å². The molecule has 0 heterocycles. The first kappa shape index (κ1) is 15.0. The van der Waals surface area contributed by atoms with Crippen LogP contribution in [0.3, 0.4) is 0 Å². The van der Waals surface area contributed by atoms with E-state index < -0.39 is 11.9 Å². The molecule has 3 heteroatoms. The van der Waals surface area contributed by atoms with E-state index >= 15 is 0 Å². The normalized spacial score (nSPS) is 10.4. The minimum Gasteiger partial charge on any atom is -0.386 e. The first-order valence-corrected chi connectivity index (χ1v) is 6.97. The average molecular weight is 282 g/mol. The molecule has 0 bridgehead atoms. The van der Waals surface area contributed by atoms with Crippen LogP contribution in [0.1, 0.15) is 40.1 Å². The Kier molecular flexibility index (Phi) is 4.88. The van der Waals surface area contributed by atoms with Crippen LogP contribution in [0.25, 0.3) is 0 Å². The van der Waals surface area contributed by atoms with Crippen molar-refractivity contribution in [3.05, 3.63) is 71.3 Å². The van der Waals surface area contributed by atoms with E-state index in [9.17, 15) is 9.59 Å². The molecule has 0 spiro atoms. The van der Waals surface area contributed by atoms with Gasteiger partial charge in [-0.1, -0.05) is 44.2 Å². The maximum absolute atomic E-state index is 11.9. The molecule has 0 atom stereocenters. The van der Waals surface area contributed by atoms with Crippen LogP contribution in [0, 0.1) is 5.92 Å². The lowest BCUT2D eigenvalue weighted by atomic mass is 10.0. The summed E-state index contributed by atoms with van der Waals surface area (Å²) in [5.74, 6) is -0.700. The summed E-state index contributed by atoms with van der Waals surface area (Å²) in [6.07, 6.45) is 0.957. The molecule has 3 nitrogen and oxygen atoms in total. The summed E-state index contributed by atoms with van der Waals surface area (Å²) in [6.45, 7) is 4.28. The molecular formula is C18H18O3. The number of benzene rings is 2. The Morgan fingerprint density at radius 3 is 1.90 bits per heavy atom. The van der Waals surface area contributed by atoms with E-state index in [0.29, 0.717) is 17.0 Å². The Morgan fingerprint density at radius 1 is 0.857 bits per heavy atom. The summed E-state index contributed by atoms with van der Waals surface area (Å²) < 4.78 is 4.87. The molecule has 0 aliphatic heterocycles. The summed E-state index contributed by atoms with van der Waals surface area (Å²) >= 11 is 0. The Balaban J connectivity index is 2.02. The quantitative estimate of drug-likeness (QED) is 0.631. The van der Waals surface area contributed by atoms with Gasteiger partial charge in [-0.25, -0.2) is 9.59 Å². The molecule has 0 unspecified atom stereocenters. The first-order chi connectivity index (χ1) is 10.1. The van der Waals surface area contributed by atoms with Crippen LogP contribution in [0.2, 0.25) is 0 Å². The van der Waals surface area contributed by atoms with Crippen LogP contribution in [0.15, 0.2) is 54.6 Å². The van der Waals surface area contributed by atoms with Gasteiger partial charge in [-0.15, -0.1) is 0 Å². The topological polar surface area (TPSA) is 43.4 Å². The van der Waals surface area contributed by atoms with Gasteiger partial charge in [0.1, 0.15) is 0 Å². The second kappa shape index (κ2) is 6.84. The number of hydrogen-bond acceptors (Lipinski definition) is 3. The maximum atomic E-state index is 11.9. The van der Waals surface area contributed by atoms with Gasteiger partial charge in [-0.05, 0) is 42.2 Å². The SMILES string of the molecule is CC(C)Cc1ccc(C(=O)OC(=O)c2ccccc2)cc1. The van der Waals surface area contributed by atoms with Crippen LogP contribution >= 0.6 is 0 Å². The van der Waals surface area contributed by atoms with E-state index in [2.05, 4.69) is 13.8 Å². The Labute approximate surface area is 124 Å². The zero-order valence-corrected chi connectivity index (χ0v) is 12.2. The second-order valence-corrected chi connectivity index (χ2v) is 5.34. The highest BCUT2D eigenvalue weighted by Gasteiger charge is 2.14. The van der Waals surface area contributed by atoms with Crippen molar-refractivity contribution < 1.29 is 14.3 Å². The van der Waals surface area contributed by atoms with Crippen molar-refractivity contribution in [3.8, 4) is 0 Å². The molecule has 21 heavy (non-hydrogen) atoms. The third kappa shape index (κ3) is 4.28. The minimum absolute atomic E-state index is 0.363. The minimum atomic E-state index is -0.633. The Bertz CT molecular complexity index is 613. The number of carbonyl (C=O) groups excluding carboxylic acids is 2. The highest BCUT2D eigenvalue weighted by atomic mass is 16.6. The molecule has 0 amide bonds. The monoisotopic (exact) mass is 282 g/mol. The van der Waals surface area contributed by atoms with Crippen LogP contribution in [0.5, 0.6) is 0 Å². The van der Waals surface area contributed by atoms with Gasteiger partial charge in [-0.2, -0.15) is 0 Å². The van der Waals surface area contributed by atoms with Gasteiger partial charge in [0.25, 0.3) is 0 Å². The molecule has 0 aliphatic carbocycles. The molecule has 0 saturated heterocycles. The van der Waals surface area contributed by atoms with Crippen molar-refractivity contribution in [2.24, 2.45) is 5.92 Å². The number of carbonyl (C=O) groups is 2. The third-order valence-corrected chi connectivity index (χ3v) is 3.03. The Morgan fingerprint density at radius 2 is 1.38 bits per heavy atom. The van der Waals surface area contributed by atoms with E-state index in [1.54, 1.807) is 42.5 Å². The maximum Gasteiger partial charge on any atom is 0.346 e. The van der Waals surface area contributed by atoms with Crippen molar-refractivity contribution in [1.82, 2.24) is 0 Å². The molecule has 2 rings (SSSR count). The van der Waals surface area contributed by atoms with Crippen LogP contribution < -0.4 is 0 Å². The van der Waals surface area contributed by atoms with Crippen LogP contribution in [-0.4, -0.2) is 11.9 Å². The average Bonchev–Trinajstić information content (AvgIpc) is 2.48. The molecule has 0 radical (unpaired) electrons. The van der Waals surface area contributed by atoms with Gasteiger partial charge in [0.2, 0.25) is 0 Å². The molecule has 0 aliphatic rings. The number of ether oxygens (including phenoxy) is 1. The molecule has 0 saturated carbocycles. The summed E-state index contributed by atoms with van der Waals surface area (Å²) in [5, 5.41) is 0.